The monoisotopic (exact) mass is 214 g/mol. The molecule has 0 radical (unpaired) electrons. The van der Waals surface area contributed by atoms with E-state index in [1.165, 1.54) is 12.1 Å². The summed E-state index contributed by atoms with van der Waals surface area (Å²) in [5.74, 6) is 5.05. The highest BCUT2D eigenvalue weighted by Gasteiger charge is 2.29. The van der Waals surface area contributed by atoms with E-state index in [2.05, 4.69) is 11.8 Å². The minimum absolute atomic E-state index is 0.235. The number of hydrogen-bond acceptors (Lipinski definition) is 1. The van der Waals surface area contributed by atoms with Crippen molar-refractivity contribution < 1.29 is 18.3 Å². The molecule has 1 aromatic rings. The Hall–Kier alpha value is -1.47. The number of aliphatic hydroxyl groups is 1. The van der Waals surface area contributed by atoms with Crippen LogP contribution in [0.25, 0.3) is 0 Å². The zero-order chi connectivity index (χ0) is 11.3. The summed E-state index contributed by atoms with van der Waals surface area (Å²) in [4.78, 5) is 0. The number of halogens is 3. The molecule has 80 valence electrons. The van der Waals surface area contributed by atoms with Gasteiger partial charge in [-0.05, 0) is 17.7 Å². The lowest BCUT2D eigenvalue weighted by Crippen LogP contribution is -2.04. The highest BCUT2D eigenvalue weighted by molar-refractivity contribution is 5.27. The Kier molecular flexibility index (Phi) is 3.75. The van der Waals surface area contributed by atoms with E-state index in [0.29, 0.717) is 12.0 Å². The quantitative estimate of drug-likeness (QED) is 0.711. The second-order valence-electron chi connectivity index (χ2n) is 2.88. The molecule has 0 aliphatic carbocycles. The first-order valence-electron chi connectivity index (χ1n) is 4.27. The summed E-state index contributed by atoms with van der Waals surface area (Å²) in [5.41, 5.74) is 0.0327. The van der Waals surface area contributed by atoms with Crippen molar-refractivity contribution in [3.8, 4) is 11.8 Å². The van der Waals surface area contributed by atoms with Crippen LogP contribution in [0.4, 0.5) is 13.2 Å². The lowest BCUT2D eigenvalue weighted by Gasteiger charge is -2.06. The first-order valence-corrected chi connectivity index (χ1v) is 4.27. The Morgan fingerprint density at radius 3 is 2.13 bits per heavy atom. The fourth-order valence-electron chi connectivity index (χ4n) is 1.03. The van der Waals surface area contributed by atoms with Gasteiger partial charge in [-0.3, -0.25) is 0 Å². The van der Waals surface area contributed by atoms with Crippen LogP contribution in [0.15, 0.2) is 24.3 Å². The van der Waals surface area contributed by atoms with Gasteiger partial charge in [-0.2, -0.15) is 13.2 Å². The molecular formula is C11H9F3O. The number of hydrogen-bond donors (Lipinski definition) is 1. The van der Waals surface area contributed by atoms with E-state index < -0.39 is 11.7 Å². The Labute approximate surface area is 85.5 Å². The Balaban J connectivity index is 2.73. The molecule has 0 spiro atoms. The molecule has 0 aliphatic heterocycles. The average molecular weight is 214 g/mol. The van der Waals surface area contributed by atoms with Crippen LogP contribution < -0.4 is 0 Å². The van der Waals surface area contributed by atoms with E-state index in [0.717, 1.165) is 12.1 Å². The van der Waals surface area contributed by atoms with E-state index in [1.54, 1.807) is 0 Å². The highest BCUT2D eigenvalue weighted by atomic mass is 19.4. The summed E-state index contributed by atoms with van der Waals surface area (Å²) in [6.07, 6.45) is -3.95. The maximum absolute atomic E-state index is 12.2. The third-order valence-corrected chi connectivity index (χ3v) is 1.78. The van der Waals surface area contributed by atoms with Crippen molar-refractivity contribution in [3.63, 3.8) is 0 Å². The van der Waals surface area contributed by atoms with E-state index in [4.69, 9.17) is 5.11 Å². The van der Waals surface area contributed by atoms with Crippen molar-refractivity contribution in [2.75, 3.05) is 6.61 Å². The molecule has 1 aromatic carbocycles. The molecule has 1 rings (SSSR count). The predicted molar refractivity (Wildman–Crippen MR) is 50.0 cm³/mol. The van der Waals surface area contributed by atoms with Crippen molar-refractivity contribution in [1.29, 1.82) is 0 Å². The first kappa shape index (κ1) is 11.6. The fraction of sp³-hybridized carbons (Fsp3) is 0.273. The van der Waals surface area contributed by atoms with Crippen LogP contribution in [0, 0.1) is 11.8 Å². The van der Waals surface area contributed by atoms with Crippen molar-refractivity contribution in [2.45, 2.75) is 12.6 Å². The zero-order valence-corrected chi connectivity index (χ0v) is 7.80. The number of aliphatic hydroxyl groups excluding tert-OH is 1. The highest BCUT2D eigenvalue weighted by Crippen LogP contribution is 2.28. The van der Waals surface area contributed by atoms with Gasteiger partial charge in [0.1, 0.15) is 6.61 Å². The summed E-state index contributed by atoms with van der Waals surface area (Å²) in [6, 6.07) is 4.82. The maximum atomic E-state index is 12.2. The van der Waals surface area contributed by atoms with Crippen LogP contribution in [0.1, 0.15) is 11.1 Å². The van der Waals surface area contributed by atoms with Crippen LogP contribution in [-0.4, -0.2) is 11.7 Å². The molecule has 0 amide bonds. The minimum atomic E-state index is -4.30. The molecule has 1 nitrogen and oxygen atoms in total. The Morgan fingerprint density at radius 1 is 1.07 bits per heavy atom. The van der Waals surface area contributed by atoms with E-state index >= 15 is 0 Å². The first-order chi connectivity index (χ1) is 7.04. The molecule has 0 aromatic heterocycles. The number of alkyl halides is 3. The van der Waals surface area contributed by atoms with Crippen LogP contribution in [0.2, 0.25) is 0 Å². The Bertz CT molecular complexity index is 368. The summed E-state index contributed by atoms with van der Waals surface area (Å²) in [5, 5.41) is 8.37. The summed E-state index contributed by atoms with van der Waals surface area (Å²) < 4.78 is 36.5. The second-order valence-corrected chi connectivity index (χ2v) is 2.88. The van der Waals surface area contributed by atoms with E-state index in [-0.39, 0.29) is 6.61 Å². The molecule has 0 unspecified atom stereocenters. The molecule has 0 heterocycles. The second kappa shape index (κ2) is 4.85. The van der Waals surface area contributed by atoms with Crippen LogP contribution in [-0.2, 0) is 12.6 Å². The molecule has 0 bridgehead atoms. The molecule has 0 atom stereocenters. The Morgan fingerprint density at radius 2 is 1.67 bits per heavy atom. The van der Waals surface area contributed by atoms with Gasteiger partial charge in [-0.1, -0.05) is 24.0 Å². The SMILES string of the molecule is OCC#CCc1ccc(C(F)(F)F)cc1. The van der Waals surface area contributed by atoms with Gasteiger partial charge in [0.15, 0.2) is 0 Å². The third-order valence-electron chi connectivity index (χ3n) is 1.78. The summed E-state index contributed by atoms with van der Waals surface area (Å²) in [7, 11) is 0. The predicted octanol–water partition coefficient (Wildman–Crippen LogP) is 2.24. The lowest BCUT2D eigenvalue weighted by molar-refractivity contribution is -0.137. The van der Waals surface area contributed by atoms with Gasteiger partial charge in [0.25, 0.3) is 0 Å². The normalized spacial score (nSPS) is 10.7. The topological polar surface area (TPSA) is 20.2 Å². The van der Waals surface area contributed by atoms with E-state index in [9.17, 15) is 13.2 Å². The number of benzene rings is 1. The molecule has 0 aliphatic rings. The smallest absolute Gasteiger partial charge is 0.384 e. The van der Waals surface area contributed by atoms with Gasteiger partial charge in [0.05, 0.1) is 5.56 Å². The maximum Gasteiger partial charge on any atom is 0.416 e. The summed E-state index contributed by atoms with van der Waals surface area (Å²) >= 11 is 0. The van der Waals surface area contributed by atoms with E-state index in [1.807, 2.05) is 0 Å². The molecule has 0 saturated carbocycles. The van der Waals surface area contributed by atoms with Crippen molar-refractivity contribution in [2.24, 2.45) is 0 Å². The standard InChI is InChI=1S/C11H9F3O/c12-11(13,14)10-6-4-9(5-7-10)3-1-2-8-15/h4-7,15H,3,8H2. The molecular weight excluding hydrogens is 205 g/mol. The molecule has 15 heavy (non-hydrogen) atoms. The van der Waals surface area contributed by atoms with Gasteiger partial charge in [-0.25, -0.2) is 0 Å². The van der Waals surface area contributed by atoms with Gasteiger partial charge in [0.2, 0.25) is 0 Å². The average Bonchev–Trinajstić information content (AvgIpc) is 2.18. The fourth-order valence-corrected chi connectivity index (χ4v) is 1.03. The van der Waals surface area contributed by atoms with Gasteiger partial charge in [0, 0.05) is 6.42 Å². The minimum Gasteiger partial charge on any atom is -0.384 e. The van der Waals surface area contributed by atoms with Crippen LogP contribution in [0.5, 0.6) is 0 Å². The summed E-state index contributed by atoms with van der Waals surface area (Å²) in [6.45, 7) is -0.235. The van der Waals surface area contributed by atoms with Crippen molar-refractivity contribution in [1.82, 2.24) is 0 Å². The zero-order valence-electron chi connectivity index (χ0n) is 7.80. The largest absolute Gasteiger partial charge is 0.416 e. The van der Waals surface area contributed by atoms with Gasteiger partial charge >= 0.3 is 6.18 Å². The molecule has 4 heteroatoms. The molecule has 0 fully saturated rings. The lowest BCUT2D eigenvalue weighted by atomic mass is 10.1. The molecule has 1 N–H and O–H groups in total. The van der Waals surface area contributed by atoms with Gasteiger partial charge in [-0.15, -0.1) is 0 Å². The van der Waals surface area contributed by atoms with Crippen LogP contribution in [0.3, 0.4) is 0 Å². The van der Waals surface area contributed by atoms with Crippen molar-refractivity contribution >= 4 is 0 Å². The third kappa shape index (κ3) is 3.64. The van der Waals surface area contributed by atoms with Gasteiger partial charge < -0.3 is 5.11 Å². The molecule has 0 saturated heterocycles. The number of rotatable bonds is 1. The van der Waals surface area contributed by atoms with Crippen molar-refractivity contribution in [3.05, 3.63) is 35.4 Å². The van der Waals surface area contributed by atoms with Crippen LogP contribution >= 0.6 is 0 Å².